The van der Waals surface area contributed by atoms with Gasteiger partial charge in [-0.2, -0.15) is 0 Å². The Hall–Kier alpha value is -3.35. The predicted octanol–water partition coefficient (Wildman–Crippen LogP) is 4.27. The summed E-state index contributed by atoms with van der Waals surface area (Å²) in [7, 11) is 3.17. The summed E-state index contributed by atoms with van der Waals surface area (Å²) in [5, 5.41) is 2.92. The van der Waals surface area contributed by atoms with E-state index in [1.165, 1.54) is 11.1 Å². The average molecular weight is 446 g/mol. The van der Waals surface area contributed by atoms with Gasteiger partial charge in [-0.05, 0) is 35.4 Å². The molecule has 3 aromatic rings. The summed E-state index contributed by atoms with van der Waals surface area (Å²) in [5.74, 6) is 1.07. The molecule has 1 aliphatic rings. The van der Waals surface area contributed by atoms with Crippen LogP contribution in [0, 0.1) is 0 Å². The second-order valence-electron chi connectivity index (χ2n) is 8.26. The Kier molecular flexibility index (Phi) is 7.60. The van der Waals surface area contributed by atoms with Gasteiger partial charge in [0, 0.05) is 50.9 Å². The normalized spacial score (nSPS) is 14.6. The molecule has 33 heavy (non-hydrogen) atoms. The van der Waals surface area contributed by atoms with E-state index in [4.69, 9.17) is 9.47 Å². The van der Waals surface area contributed by atoms with E-state index in [0.29, 0.717) is 22.7 Å². The molecule has 4 rings (SSSR count). The van der Waals surface area contributed by atoms with Crippen molar-refractivity contribution >= 4 is 11.6 Å². The summed E-state index contributed by atoms with van der Waals surface area (Å²) in [6.07, 6.45) is 0. The maximum absolute atomic E-state index is 12.7. The molecule has 172 valence electrons. The van der Waals surface area contributed by atoms with Gasteiger partial charge in [-0.25, -0.2) is 0 Å². The second-order valence-corrected chi connectivity index (χ2v) is 8.26. The van der Waals surface area contributed by atoms with Gasteiger partial charge < -0.3 is 14.8 Å². The molecule has 6 nitrogen and oxygen atoms in total. The Balaban J connectivity index is 1.29. The zero-order valence-electron chi connectivity index (χ0n) is 19.3. The van der Waals surface area contributed by atoms with E-state index < -0.39 is 0 Å². The van der Waals surface area contributed by atoms with Gasteiger partial charge >= 0.3 is 0 Å². The van der Waals surface area contributed by atoms with E-state index in [9.17, 15) is 4.79 Å². The molecule has 1 fully saturated rings. The van der Waals surface area contributed by atoms with Crippen LogP contribution < -0.4 is 14.8 Å². The van der Waals surface area contributed by atoms with Crippen LogP contribution in [0.4, 0.5) is 5.69 Å². The number of anilines is 1. The number of benzene rings is 3. The highest BCUT2D eigenvalue weighted by molar-refractivity contribution is 6.05. The van der Waals surface area contributed by atoms with Crippen molar-refractivity contribution in [2.24, 2.45) is 0 Å². The lowest BCUT2D eigenvalue weighted by molar-refractivity contribution is 0.102. The van der Waals surface area contributed by atoms with Gasteiger partial charge in [0.1, 0.15) is 11.5 Å². The number of carbonyl (C=O) groups excluding carboxylic acids is 1. The molecule has 3 aromatic carbocycles. The highest BCUT2D eigenvalue weighted by Gasteiger charge is 2.17. The zero-order chi connectivity index (χ0) is 23.0. The zero-order valence-corrected chi connectivity index (χ0v) is 19.3. The van der Waals surface area contributed by atoms with Crippen molar-refractivity contribution in [2.45, 2.75) is 13.1 Å². The first kappa shape index (κ1) is 22.8. The van der Waals surface area contributed by atoms with Gasteiger partial charge in [0.05, 0.1) is 19.9 Å². The topological polar surface area (TPSA) is 54.0 Å². The van der Waals surface area contributed by atoms with E-state index in [2.05, 4.69) is 45.4 Å². The number of methoxy groups -OCH3 is 2. The molecule has 0 unspecified atom stereocenters. The van der Waals surface area contributed by atoms with Crippen molar-refractivity contribution in [3.63, 3.8) is 0 Å². The van der Waals surface area contributed by atoms with Gasteiger partial charge in [-0.1, -0.05) is 42.5 Å². The number of amides is 1. The minimum Gasteiger partial charge on any atom is -0.497 e. The molecule has 0 bridgehead atoms. The van der Waals surface area contributed by atoms with Crippen molar-refractivity contribution in [3.8, 4) is 11.5 Å². The van der Waals surface area contributed by atoms with Crippen LogP contribution in [0.5, 0.6) is 11.5 Å². The Labute approximate surface area is 195 Å². The number of hydrogen-bond acceptors (Lipinski definition) is 5. The number of hydrogen-bond donors (Lipinski definition) is 1. The molecule has 0 radical (unpaired) electrons. The van der Waals surface area contributed by atoms with Gasteiger partial charge in [0.25, 0.3) is 5.91 Å². The Morgan fingerprint density at radius 3 is 1.97 bits per heavy atom. The summed E-state index contributed by atoms with van der Waals surface area (Å²) >= 11 is 0. The summed E-state index contributed by atoms with van der Waals surface area (Å²) in [6, 6.07) is 23.8. The highest BCUT2D eigenvalue weighted by atomic mass is 16.5. The van der Waals surface area contributed by atoms with E-state index >= 15 is 0 Å². The van der Waals surface area contributed by atoms with Crippen molar-refractivity contribution in [3.05, 3.63) is 89.5 Å². The monoisotopic (exact) mass is 445 g/mol. The summed E-state index contributed by atoms with van der Waals surface area (Å²) in [5.41, 5.74) is 3.77. The number of nitrogens with zero attached hydrogens (tertiary/aromatic N) is 2. The van der Waals surface area contributed by atoms with Crippen LogP contribution in [0.3, 0.4) is 0 Å². The van der Waals surface area contributed by atoms with Crippen LogP contribution in [0.25, 0.3) is 0 Å². The number of carbonyl (C=O) groups is 1. The molecule has 1 N–H and O–H groups in total. The van der Waals surface area contributed by atoms with Crippen molar-refractivity contribution in [1.29, 1.82) is 0 Å². The van der Waals surface area contributed by atoms with Crippen LogP contribution in [0.2, 0.25) is 0 Å². The quantitative estimate of drug-likeness (QED) is 0.561. The first-order valence-electron chi connectivity index (χ1n) is 11.3. The highest BCUT2D eigenvalue weighted by Crippen LogP contribution is 2.29. The molecular formula is C27H31N3O3. The summed E-state index contributed by atoms with van der Waals surface area (Å²) < 4.78 is 10.6. The van der Waals surface area contributed by atoms with E-state index in [-0.39, 0.29) is 5.91 Å². The first-order valence-corrected chi connectivity index (χ1v) is 11.3. The summed E-state index contributed by atoms with van der Waals surface area (Å²) in [4.78, 5) is 17.7. The fraction of sp³-hybridized carbons (Fsp3) is 0.296. The fourth-order valence-corrected chi connectivity index (χ4v) is 4.07. The third kappa shape index (κ3) is 6.12. The van der Waals surface area contributed by atoms with Crippen LogP contribution >= 0.6 is 0 Å². The Bertz CT molecular complexity index is 1050. The number of ether oxygens (including phenoxy) is 2. The summed E-state index contributed by atoms with van der Waals surface area (Å²) in [6.45, 7) is 6.13. The largest absolute Gasteiger partial charge is 0.497 e. The van der Waals surface area contributed by atoms with Crippen LogP contribution in [0.15, 0.2) is 72.8 Å². The number of rotatable bonds is 8. The van der Waals surface area contributed by atoms with Crippen LogP contribution in [-0.4, -0.2) is 56.1 Å². The van der Waals surface area contributed by atoms with Gasteiger partial charge in [-0.15, -0.1) is 0 Å². The van der Waals surface area contributed by atoms with Crippen molar-refractivity contribution < 1.29 is 14.3 Å². The average Bonchev–Trinajstić information content (AvgIpc) is 2.86. The molecule has 0 saturated carbocycles. The van der Waals surface area contributed by atoms with Crippen molar-refractivity contribution in [2.75, 3.05) is 45.7 Å². The van der Waals surface area contributed by atoms with Crippen LogP contribution in [-0.2, 0) is 13.1 Å². The molecule has 0 spiro atoms. The smallest absolute Gasteiger partial charge is 0.255 e. The van der Waals surface area contributed by atoms with E-state index in [1.807, 2.05) is 24.3 Å². The molecule has 1 aliphatic heterocycles. The van der Waals surface area contributed by atoms with E-state index in [0.717, 1.165) is 39.3 Å². The standard InChI is InChI=1S/C27H31N3O3/c1-32-24-12-13-26(33-2)25(18-24)28-27(31)23-10-8-22(9-11-23)20-30-16-14-29(15-17-30)19-21-6-4-3-5-7-21/h3-13,18H,14-17,19-20H2,1-2H3,(H,28,31). The molecule has 0 atom stereocenters. The molecule has 1 heterocycles. The Morgan fingerprint density at radius 1 is 0.788 bits per heavy atom. The predicted molar refractivity (Wildman–Crippen MR) is 131 cm³/mol. The second kappa shape index (κ2) is 11.0. The van der Waals surface area contributed by atoms with Gasteiger partial charge in [0.15, 0.2) is 0 Å². The lowest BCUT2D eigenvalue weighted by Gasteiger charge is -2.34. The molecule has 1 saturated heterocycles. The third-order valence-electron chi connectivity index (χ3n) is 5.99. The van der Waals surface area contributed by atoms with Gasteiger partial charge in [0.2, 0.25) is 0 Å². The third-order valence-corrected chi connectivity index (χ3v) is 5.99. The van der Waals surface area contributed by atoms with Gasteiger partial charge in [-0.3, -0.25) is 14.6 Å². The van der Waals surface area contributed by atoms with Crippen molar-refractivity contribution in [1.82, 2.24) is 9.80 Å². The lowest BCUT2D eigenvalue weighted by atomic mass is 10.1. The van der Waals surface area contributed by atoms with Crippen LogP contribution in [0.1, 0.15) is 21.5 Å². The Morgan fingerprint density at radius 2 is 1.39 bits per heavy atom. The number of piperazine rings is 1. The fourth-order valence-electron chi connectivity index (χ4n) is 4.07. The molecule has 0 aliphatic carbocycles. The molecule has 6 heteroatoms. The minimum atomic E-state index is -0.178. The first-order chi connectivity index (χ1) is 16.1. The number of nitrogens with one attached hydrogen (secondary N) is 1. The lowest BCUT2D eigenvalue weighted by Crippen LogP contribution is -2.45. The maximum Gasteiger partial charge on any atom is 0.255 e. The van der Waals surface area contributed by atoms with E-state index in [1.54, 1.807) is 32.4 Å². The molecule has 1 amide bonds. The minimum absolute atomic E-state index is 0.178. The molecule has 0 aromatic heterocycles. The maximum atomic E-state index is 12.7. The molecular weight excluding hydrogens is 414 g/mol. The SMILES string of the molecule is COc1ccc(OC)c(NC(=O)c2ccc(CN3CCN(Cc4ccccc4)CC3)cc2)c1.